The molecule has 1 atom stereocenters. The van der Waals surface area contributed by atoms with Crippen molar-refractivity contribution in [1.82, 2.24) is 15.1 Å². The van der Waals surface area contributed by atoms with Crippen LogP contribution < -0.4 is 5.32 Å². The van der Waals surface area contributed by atoms with E-state index >= 15 is 0 Å². The van der Waals surface area contributed by atoms with Gasteiger partial charge in [0.25, 0.3) is 5.91 Å². The fourth-order valence-corrected chi connectivity index (χ4v) is 4.01. The molecule has 0 aromatic carbocycles. The van der Waals surface area contributed by atoms with Crippen molar-refractivity contribution in [2.24, 2.45) is 11.8 Å². The third-order valence-corrected chi connectivity index (χ3v) is 6.06. The van der Waals surface area contributed by atoms with Crippen LogP contribution in [0.2, 0.25) is 0 Å². The molecule has 0 bridgehead atoms. The lowest BCUT2D eigenvalue weighted by molar-refractivity contribution is -0.139. The van der Waals surface area contributed by atoms with Crippen molar-refractivity contribution in [3.63, 3.8) is 0 Å². The lowest BCUT2D eigenvalue weighted by Gasteiger charge is -2.37. The Morgan fingerprint density at radius 3 is 2.25 bits per heavy atom. The van der Waals surface area contributed by atoms with E-state index in [2.05, 4.69) is 12.2 Å². The maximum absolute atomic E-state index is 12.9. The van der Waals surface area contributed by atoms with Gasteiger partial charge in [0.15, 0.2) is 5.76 Å². The van der Waals surface area contributed by atoms with E-state index < -0.39 is 0 Å². The van der Waals surface area contributed by atoms with Crippen molar-refractivity contribution >= 4 is 17.7 Å². The van der Waals surface area contributed by atoms with E-state index in [1.54, 1.807) is 17.0 Å². The van der Waals surface area contributed by atoms with Gasteiger partial charge in [-0.25, -0.2) is 0 Å². The molecule has 2 heterocycles. The van der Waals surface area contributed by atoms with E-state index in [0.29, 0.717) is 31.9 Å². The van der Waals surface area contributed by atoms with Gasteiger partial charge in [0.2, 0.25) is 11.8 Å². The summed E-state index contributed by atoms with van der Waals surface area (Å²) in [5, 5.41) is 3.05. The van der Waals surface area contributed by atoms with Crippen LogP contribution in [0.5, 0.6) is 0 Å². The fourth-order valence-electron chi connectivity index (χ4n) is 4.01. The Balaban J connectivity index is 1.43. The number of nitrogens with one attached hydrogen (secondary N) is 1. The van der Waals surface area contributed by atoms with Crippen LogP contribution in [0.4, 0.5) is 0 Å². The summed E-state index contributed by atoms with van der Waals surface area (Å²) in [6.45, 7) is 6.24. The first-order chi connectivity index (χ1) is 13.5. The zero-order valence-electron chi connectivity index (χ0n) is 16.9. The molecule has 1 saturated heterocycles. The van der Waals surface area contributed by atoms with Crippen LogP contribution in [0, 0.1) is 11.8 Å². The van der Waals surface area contributed by atoms with Gasteiger partial charge in [0, 0.05) is 44.1 Å². The Hall–Kier alpha value is -2.31. The molecule has 7 heteroatoms. The Morgan fingerprint density at radius 2 is 1.68 bits per heavy atom. The van der Waals surface area contributed by atoms with Crippen molar-refractivity contribution in [2.45, 2.75) is 52.0 Å². The number of hydrogen-bond acceptors (Lipinski definition) is 4. The minimum absolute atomic E-state index is 0.0000242. The highest BCUT2D eigenvalue weighted by Crippen LogP contribution is 2.30. The van der Waals surface area contributed by atoms with Crippen molar-refractivity contribution < 1.29 is 18.8 Å². The maximum atomic E-state index is 12.9. The number of amides is 3. The van der Waals surface area contributed by atoms with Gasteiger partial charge in [-0.3, -0.25) is 14.4 Å². The summed E-state index contributed by atoms with van der Waals surface area (Å²) in [6.07, 6.45) is 5.50. The molecule has 0 radical (unpaired) electrons. The Bertz CT molecular complexity index is 672. The summed E-state index contributed by atoms with van der Waals surface area (Å²) in [6, 6.07) is 3.56. The standard InChI is InChI=1S/C21H31N3O4/c1-3-15(2)22-19(25)16-6-8-17(9-7-16)20(26)23-10-12-24(13-11-23)21(27)18-5-4-14-28-18/h4-5,14-17H,3,6-13H2,1-2H3,(H,22,25). The van der Waals surface area contributed by atoms with Gasteiger partial charge in [-0.05, 0) is 51.2 Å². The predicted octanol–water partition coefficient (Wildman–Crippen LogP) is 2.29. The van der Waals surface area contributed by atoms with Crippen LogP contribution in [-0.2, 0) is 9.59 Å². The van der Waals surface area contributed by atoms with Gasteiger partial charge in [0.1, 0.15) is 0 Å². The molecular weight excluding hydrogens is 358 g/mol. The minimum atomic E-state index is -0.120. The third-order valence-electron chi connectivity index (χ3n) is 6.06. The Morgan fingerprint density at radius 1 is 1.07 bits per heavy atom. The molecule has 28 heavy (non-hydrogen) atoms. The summed E-state index contributed by atoms with van der Waals surface area (Å²) >= 11 is 0. The van der Waals surface area contributed by atoms with Gasteiger partial charge < -0.3 is 19.5 Å². The van der Waals surface area contributed by atoms with Crippen molar-refractivity contribution in [1.29, 1.82) is 0 Å². The molecule has 3 amide bonds. The first kappa shape index (κ1) is 20.4. The minimum Gasteiger partial charge on any atom is -0.459 e. The first-order valence-electron chi connectivity index (χ1n) is 10.4. The molecule has 7 nitrogen and oxygen atoms in total. The zero-order valence-corrected chi connectivity index (χ0v) is 16.9. The zero-order chi connectivity index (χ0) is 20.1. The number of hydrogen-bond donors (Lipinski definition) is 1. The van der Waals surface area contributed by atoms with Crippen LogP contribution in [0.1, 0.15) is 56.5 Å². The van der Waals surface area contributed by atoms with Gasteiger partial charge in [-0.15, -0.1) is 0 Å². The van der Waals surface area contributed by atoms with Crippen LogP contribution in [0.15, 0.2) is 22.8 Å². The smallest absolute Gasteiger partial charge is 0.289 e. The number of piperazine rings is 1. The van der Waals surface area contributed by atoms with Gasteiger partial charge in [-0.1, -0.05) is 6.92 Å². The summed E-state index contributed by atoms with van der Waals surface area (Å²) in [5.41, 5.74) is 0. The molecule has 2 aliphatic rings. The van der Waals surface area contributed by atoms with E-state index in [0.717, 1.165) is 32.1 Å². The molecule has 0 spiro atoms. The second kappa shape index (κ2) is 9.26. The predicted molar refractivity (Wildman–Crippen MR) is 105 cm³/mol. The molecule has 1 saturated carbocycles. The number of furan rings is 1. The SMILES string of the molecule is CCC(C)NC(=O)C1CCC(C(=O)N2CCN(C(=O)c3ccco3)CC2)CC1. The molecule has 1 aliphatic carbocycles. The molecule has 3 rings (SSSR count). The second-order valence-corrected chi connectivity index (χ2v) is 7.96. The largest absolute Gasteiger partial charge is 0.459 e. The highest BCUT2D eigenvalue weighted by molar-refractivity contribution is 5.91. The van der Waals surface area contributed by atoms with Gasteiger partial charge in [-0.2, -0.15) is 0 Å². The number of carbonyl (C=O) groups is 3. The molecule has 2 fully saturated rings. The highest BCUT2D eigenvalue weighted by atomic mass is 16.3. The Kier molecular flexibility index (Phi) is 6.75. The lowest BCUT2D eigenvalue weighted by atomic mass is 9.80. The molecule has 1 unspecified atom stereocenters. The number of carbonyl (C=O) groups excluding carboxylic acids is 3. The fraction of sp³-hybridized carbons (Fsp3) is 0.667. The average Bonchev–Trinajstić information content (AvgIpc) is 3.27. The quantitative estimate of drug-likeness (QED) is 0.838. The van der Waals surface area contributed by atoms with Gasteiger partial charge in [0.05, 0.1) is 6.26 Å². The van der Waals surface area contributed by atoms with E-state index in [9.17, 15) is 14.4 Å². The normalized spacial score (nSPS) is 23.9. The molecule has 1 aromatic heterocycles. The van der Waals surface area contributed by atoms with Crippen LogP contribution in [0.3, 0.4) is 0 Å². The van der Waals surface area contributed by atoms with E-state index in [4.69, 9.17) is 4.42 Å². The molecule has 1 aromatic rings. The highest BCUT2D eigenvalue weighted by Gasteiger charge is 2.34. The molecular formula is C21H31N3O4. The third kappa shape index (κ3) is 4.75. The van der Waals surface area contributed by atoms with Crippen LogP contribution >= 0.6 is 0 Å². The second-order valence-electron chi connectivity index (χ2n) is 7.96. The molecule has 1 N–H and O–H groups in total. The number of rotatable bonds is 5. The van der Waals surface area contributed by atoms with Crippen molar-refractivity contribution in [2.75, 3.05) is 26.2 Å². The van der Waals surface area contributed by atoms with E-state index in [-0.39, 0.29) is 35.6 Å². The maximum Gasteiger partial charge on any atom is 0.289 e. The number of nitrogens with zero attached hydrogens (tertiary/aromatic N) is 2. The summed E-state index contributed by atoms with van der Waals surface area (Å²) in [4.78, 5) is 41.1. The average molecular weight is 389 g/mol. The monoisotopic (exact) mass is 389 g/mol. The van der Waals surface area contributed by atoms with Crippen LogP contribution in [0.25, 0.3) is 0 Å². The molecule has 154 valence electrons. The van der Waals surface area contributed by atoms with Crippen LogP contribution in [-0.4, -0.2) is 59.7 Å². The van der Waals surface area contributed by atoms with E-state index in [1.165, 1.54) is 6.26 Å². The lowest BCUT2D eigenvalue weighted by Crippen LogP contribution is -2.52. The molecule has 1 aliphatic heterocycles. The summed E-state index contributed by atoms with van der Waals surface area (Å²) in [7, 11) is 0. The first-order valence-corrected chi connectivity index (χ1v) is 10.4. The summed E-state index contributed by atoms with van der Waals surface area (Å²) in [5.74, 6) is 0.552. The summed E-state index contributed by atoms with van der Waals surface area (Å²) < 4.78 is 5.17. The van der Waals surface area contributed by atoms with Crippen molar-refractivity contribution in [3.8, 4) is 0 Å². The van der Waals surface area contributed by atoms with E-state index in [1.807, 2.05) is 11.8 Å². The Labute approximate surface area is 166 Å². The van der Waals surface area contributed by atoms with Crippen molar-refractivity contribution in [3.05, 3.63) is 24.2 Å². The van der Waals surface area contributed by atoms with Gasteiger partial charge >= 0.3 is 0 Å². The topological polar surface area (TPSA) is 82.9 Å².